The second-order valence-electron chi connectivity index (χ2n) is 7.47. The Balaban J connectivity index is 2.36. The van der Waals surface area contributed by atoms with Gasteiger partial charge in [-0.2, -0.15) is 0 Å². The van der Waals surface area contributed by atoms with Gasteiger partial charge in [-0.3, -0.25) is 4.79 Å². The molecule has 0 N–H and O–H groups in total. The Bertz CT molecular complexity index is 1240. The molecule has 0 aliphatic rings. The number of esters is 1. The van der Waals surface area contributed by atoms with Crippen LogP contribution >= 0.6 is 11.6 Å². The van der Waals surface area contributed by atoms with Crippen LogP contribution in [0.5, 0.6) is 0 Å². The summed E-state index contributed by atoms with van der Waals surface area (Å²) in [7, 11) is -7.79. The number of hydrogen-bond acceptors (Lipinski definition) is 6. The molecule has 0 heterocycles. The van der Waals surface area contributed by atoms with Crippen LogP contribution in [0.2, 0.25) is 5.02 Å². The fraction of sp³-hybridized carbons (Fsp3) is 0.208. The van der Waals surface area contributed by atoms with E-state index in [1.54, 1.807) is 12.1 Å². The zero-order chi connectivity index (χ0) is 24.2. The average molecular weight is 507 g/mol. The van der Waals surface area contributed by atoms with Gasteiger partial charge >= 0.3 is 5.97 Å². The molecule has 0 spiro atoms. The lowest BCUT2D eigenvalue weighted by molar-refractivity contribution is -0.145. The van der Waals surface area contributed by atoms with Crippen molar-refractivity contribution in [3.8, 4) is 0 Å². The first-order valence-electron chi connectivity index (χ1n) is 10.0. The van der Waals surface area contributed by atoms with Crippen LogP contribution in [0.25, 0.3) is 0 Å². The maximum atomic E-state index is 13.9. The fourth-order valence-electron chi connectivity index (χ4n) is 3.74. The van der Waals surface area contributed by atoms with Crippen molar-refractivity contribution >= 4 is 37.2 Å². The SMILES string of the molecule is COC(=O)[C@@H](C)[C@@H](c1ccc(Cl)cc1)C(S(=O)(=O)c1ccccc1)S(=O)(=O)c1ccccc1. The summed E-state index contributed by atoms with van der Waals surface area (Å²) in [6.07, 6.45) is 0. The average Bonchev–Trinajstić information content (AvgIpc) is 2.83. The quantitative estimate of drug-likeness (QED) is 0.417. The molecule has 0 bridgehead atoms. The normalized spacial score (nSPS) is 13.9. The molecule has 3 aromatic carbocycles. The molecule has 0 aliphatic heterocycles. The van der Waals surface area contributed by atoms with Crippen LogP contribution in [0.1, 0.15) is 18.4 Å². The Labute approximate surface area is 199 Å². The zero-order valence-corrected chi connectivity index (χ0v) is 20.3. The van der Waals surface area contributed by atoms with Gasteiger partial charge in [0.2, 0.25) is 0 Å². The Morgan fingerprint density at radius 1 is 0.758 bits per heavy atom. The summed E-state index contributed by atoms with van der Waals surface area (Å²) in [6, 6.07) is 20.8. The van der Waals surface area contributed by atoms with Crippen LogP contribution in [0.4, 0.5) is 0 Å². The minimum absolute atomic E-state index is 0.162. The Morgan fingerprint density at radius 3 is 1.58 bits per heavy atom. The monoisotopic (exact) mass is 506 g/mol. The van der Waals surface area contributed by atoms with Crippen LogP contribution in [-0.2, 0) is 29.2 Å². The number of halogens is 1. The lowest BCUT2D eigenvalue weighted by Crippen LogP contribution is -2.41. The maximum Gasteiger partial charge on any atom is 0.309 e. The third-order valence-electron chi connectivity index (χ3n) is 5.41. The van der Waals surface area contributed by atoms with E-state index >= 15 is 0 Å². The summed E-state index contributed by atoms with van der Waals surface area (Å²) in [4.78, 5) is 12.3. The number of sulfone groups is 2. The number of rotatable bonds is 8. The second-order valence-corrected chi connectivity index (χ2v) is 12.3. The van der Waals surface area contributed by atoms with Crippen molar-refractivity contribution in [3.05, 3.63) is 95.5 Å². The maximum absolute atomic E-state index is 13.9. The zero-order valence-electron chi connectivity index (χ0n) is 18.0. The minimum Gasteiger partial charge on any atom is -0.469 e. The smallest absolute Gasteiger partial charge is 0.309 e. The Hall–Kier alpha value is -2.68. The van der Waals surface area contributed by atoms with Crippen LogP contribution in [0.3, 0.4) is 0 Å². The van der Waals surface area contributed by atoms with Gasteiger partial charge in [0.15, 0.2) is 24.3 Å². The predicted octanol–water partition coefficient (Wildman–Crippen LogP) is 4.51. The van der Waals surface area contributed by atoms with Gasteiger partial charge in [-0.05, 0) is 42.0 Å². The standard InChI is InChI=1S/C24H23ClO6S2/c1-17(23(26)31-2)22(18-13-15-19(25)16-14-18)24(32(27,28)20-9-5-3-6-10-20)33(29,30)21-11-7-4-8-12-21/h3-17,22,24H,1-2H3/t17-,22-/m0/s1. The fourth-order valence-corrected chi connectivity index (χ4v) is 9.03. The molecular formula is C24H23ClO6S2. The first kappa shape index (κ1) is 25.0. The number of ether oxygens (including phenoxy) is 1. The highest BCUT2D eigenvalue weighted by Crippen LogP contribution is 2.41. The van der Waals surface area contributed by atoms with Crippen molar-refractivity contribution in [1.29, 1.82) is 0 Å². The van der Waals surface area contributed by atoms with E-state index in [0.717, 1.165) is 0 Å². The van der Waals surface area contributed by atoms with Gasteiger partial charge in [0, 0.05) is 10.9 Å². The molecule has 3 aromatic rings. The van der Waals surface area contributed by atoms with Gasteiger partial charge in [0.25, 0.3) is 0 Å². The van der Waals surface area contributed by atoms with Gasteiger partial charge in [-0.25, -0.2) is 16.8 Å². The highest BCUT2D eigenvalue weighted by Gasteiger charge is 2.49. The summed E-state index contributed by atoms with van der Waals surface area (Å²) < 4.78 is 58.4. The highest BCUT2D eigenvalue weighted by molar-refractivity contribution is 8.09. The van der Waals surface area contributed by atoms with Crippen molar-refractivity contribution in [3.63, 3.8) is 0 Å². The topological polar surface area (TPSA) is 94.6 Å². The van der Waals surface area contributed by atoms with Crippen LogP contribution in [-0.4, -0.2) is 34.5 Å². The predicted molar refractivity (Wildman–Crippen MR) is 126 cm³/mol. The van der Waals surface area contributed by atoms with Crippen molar-refractivity contribution in [2.45, 2.75) is 27.2 Å². The lowest BCUT2D eigenvalue weighted by Gasteiger charge is -2.30. The molecule has 6 nitrogen and oxygen atoms in total. The molecular weight excluding hydrogens is 484 g/mol. The summed E-state index contributed by atoms with van der Waals surface area (Å²) in [5, 5.41) is 0.386. The molecule has 3 rings (SSSR count). The molecule has 0 fully saturated rings. The van der Waals surface area contributed by atoms with E-state index in [0.29, 0.717) is 10.6 Å². The number of carbonyl (C=O) groups is 1. The third kappa shape index (κ3) is 5.13. The summed E-state index contributed by atoms with van der Waals surface area (Å²) in [5.74, 6) is -3.10. The first-order chi connectivity index (χ1) is 15.6. The van der Waals surface area contributed by atoms with Crippen molar-refractivity contribution in [2.24, 2.45) is 5.92 Å². The number of carbonyl (C=O) groups excluding carboxylic acids is 1. The summed E-state index contributed by atoms with van der Waals surface area (Å²) >= 11 is 6.01. The van der Waals surface area contributed by atoms with Crippen molar-refractivity contribution < 1.29 is 26.4 Å². The van der Waals surface area contributed by atoms with Crippen molar-refractivity contribution in [1.82, 2.24) is 0 Å². The van der Waals surface area contributed by atoms with E-state index in [4.69, 9.17) is 16.3 Å². The van der Waals surface area contributed by atoms with Gasteiger partial charge in [0.05, 0.1) is 22.8 Å². The van der Waals surface area contributed by atoms with E-state index in [2.05, 4.69) is 0 Å². The minimum atomic E-state index is -4.48. The van der Waals surface area contributed by atoms with Crippen LogP contribution in [0.15, 0.2) is 94.7 Å². The molecule has 0 amide bonds. The highest BCUT2D eigenvalue weighted by atomic mass is 35.5. The summed E-state index contributed by atoms with van der Waals surface area (Å²) in [5.41, 5.74) is 0.335. The molecule has 174 valence electrons. The molecule has 0 aromatic heterocycles. The van der Waals surface area contributed by atoms with Crippen molar-refractivity contribution in [2.75, 3.05) is 7.11 Å². The lowest BCUT2D eigenvalue weighted by atomic mass is 9.88. The van der Waals surface area contributed by atoms with Crippen LogP contribution < -0.4 is 0 Å². The molecule has 33 heavy (non-hydrogen) atoms. The van der Waals surface area contributed by atoms with Gasteiger partial charge in [-0.15, -0.1) is 0 Å². The van der Waals surface area contributed by atoms with E-state index in [1.807, 2.05) is 0 Å². The number of hydrogen-bond donors (Lipinski definition) is 0. The van der Waals surface area contributed by atoms with E-state index in [-0.39, 0.29) is 9.79 Å². The molecule has 9 heteroatoms. The number of methoxy groups -OCH3 is 1. The number of benzene rings is 3. The molecule has 0 aliphatic carbocycles. The molecule has 0 saturated heterocycles. The largest absolute Gasteiger partial charge is 0.469 e. The summed E-state index contributed by atoms with van der Waals surface area (Å²) in [6.45, 7) is 1.46. The van der Waals surface area contributed by atoms with Gasteiger partial charge in [0.1, 0.15) is 0 Å². The Morgan fingerprint density at radius 2 is 1.18 bits per heavy atom. The van der Waals surface area contributed by atoms with E-state index < -0.39 is 42.1 Å². The third-order valence-corrected chi connectivity index (χ3v) is 10.9. The molecule has 0 saturated carbocycles. The van der Waals surface area contributed by atoms with E-state index in [9.17, 15) is 21.6 Å². The first-order valence-corrected chi connectivity index (χ1v) is 13.5. The Kier molecular flexibility index (Phi) is 7.62. The van der Waals surface area contributed by atoms with Crippen LogP contribution in [0, 0.1) is 5.92 Å². The van der Waals surface area contributed by atoms with Gasteiger partial charge in [-0.1, -0.05) is 67.1 Å². The molecule has 0 unspecified atom stereocenters. The molecule has 2 atom stereocenters. The molecule has 0 radical (unpaired) electrons. The van der Waals surface area contributed by atoms with E-state index in [1.165, 1.54) is 86.8 Å². The second kappa shape index (κ2) is 10.1. The van der Waals surface area contributed by atoms with Gasteiger partial charge < -0.3 is 4.74 Å².